The highest BCUT2D eigenvalue weighted by Crippen LogP contribution is 2.30. The third-order valence-corrected chi connectivity index (χ3v) is 2.61. The van der Waals surface area contributed by atoms with Crippen molar-refractivity contribution in [3.8, 4) is 0 Å². The van der Waals surface area contributed by atoms with Gasteiger partial charge >= 0.3 is 0 Å². The summed E-state index contributed by atoms with van der Waals surface area (Å²) < 4.78 is 5.23. The first-order valence-corrected chi connectivity index (χ1v) is 5.26. The normalized spacial score (nSPS) is 17.1. The molecule has 1 aliphatic rings. The fourth-order valence-corrected chi connectivity index (χ4v) is 1.87. The molecule has 2 rings (SSSR count). The molecule has 80 valence electrons. The van der Waals surface area contributed by atoms with Crippen molar-refractivity contribution < 1.29 is 9.84 Å². The van der Waals surface area contributed by atoms with Crippen LogP contribution in [0.25, 0.3) is 0 Å². The largest absolute Gasteiger partial charge is 0.495 e. The average molecular weight is 246 g/mol. The van der Waals surface area contributed by atoms with E-state index >= 15 is 0 Å². The Morgan fingerprint density at radius 1 is 1.47 bits per heavy atom. The Hall–Kier alpha value is -0.770. The predicted octanol–water partition coefficient (Wildman–Crippen LogP) is 2.73. The first-order valence-electron chi connectivity index (χ1n) is 4.50. The third kappa shape index (κ3) is 2.25. The van der Waals surface area contributed by atoms with Gasteiger partial charge in [0.05, 0.1) is 22.3 Å². The van der Waals surface area contributed by atoms with Crippen molar-refractivity contribution in [3.05, 3.63) is 39.8 Å². The predicted molar refractivity (Wildman–Crippen MR) is 57.9 cm³/mol. The third-order valence-electron chi connectivity index (χ3n) is 2.10. The van der Waals surface area contributed by atoms with Crippen LogP contribution in [0, 0.1) is 0 Å². The van der Waals surface area contributed by atoms with Crippen LogP contribution in [0.2, 0.25) is 10.0 Å². The van der Waals surface area contributed by atoms with E-state index in [1.165, 1.54) is 6.20 Å². The highest BCUT2D eigenvalue weighted by Gasteiger charge is 2.21. The first-order chi connectivity index (χ1) is 7.18. The van der Waals surface area contributed by atoms with Crippen LogP contribution in [-0.2, 0) is 4.74 Å². The number of halogens is 2. The molecule has 0 aliphatic carbocycles. The Balaban J connectivity index is 2.28. The van der Waals surface area contributed by atoms with Crippen LogP contribution in [0.15, 0.2) is 24.1 Å². The fraction of sp³-hybridized carbons (Fsp3) is 0.300. The second-order valence-electron chi connectivity index (χ2n) is 3.17. The molecule has 3 nitrogen and oxygen atoms in total. The minimum Gasteiger partial charge on any atom is -0.495 e. The van der Waals surface area contributed by atoms with E-state index in [-0.39, 0.29) is 0 Å². The van der Waals surface area contributed by atoms with E-state index in [4.69, 9.17) is 27.9 Å². The molecule has 0 aromatic carbocycles. The first kappa shape index (κ1) is 10.7. The van der Waals surface area contributed by atoms with Crippen molar-refractivity contribution in [1.29, 1.82) is 0 Å². The molecule has 1 aromatic rings. The van der Waals surface area contributed by atoms with Crippen molar-refractivity contribution in [2.75, 3.05) is 6.61 Å². The summed E-state index contributed by atoms with van der Waals surface area (Å²) in [5.41, 5.74) is 0.370. The molecule has 0 fully saturated rings. The molecule has 1 unspecified atom stereocenters. The second kappa shape index (κ2) is 4.39. The second-order valence-corrected chi connectivity index (χ2v) is 4.01. The minimum atomic E-state index is -0.905. The molecule has 15 heavy (non-hydrogen) atoms. The molecule has 1 aliphatic heterocycles. The van der Waals surface area contributed by atoms with Gasteiger partial charge in [-0.3, -0.25) is 4.98 Å². The van der Waals surface area contributed by atoms with Crippen molar-refractivity contribution in [3.63, 3.8) is 0 Å². The van der Waals surface area contributed by atoms with Crippen molar-refractivity contribution in [1.82, 2.24) is 4.98 Å². The summed E-state index contributed by atoms with van der Waals surface area (Å²) in [6.07, 6.45) is 3.17. The average Bonchev–Trinajstić information content (AvgIpc) is 2.69. The van der Waals surface area contributed by atoms with Crippen LogP contribution in [0.5, 0.6) is 0 Å². The fourth-order valence-electron chi connectivity index (χ4n) is 1.39. The summed E-state index contributed by atoms with van der Waals surface area (Å²) in [4.78, 5) is 3.99. The van der Waals surface area contributed by atoms with Gasteiger partial charge < -0.3 is 9.84 Å². The standard InChI is InChI=1S/C10H9Cl2NO2/c11-6-4-7(12)9(13-5-6)10(14)8-2-1-3-15-8/h2,4-5,10,14H,1,3H2. The van der Waals surface area contributed by atoms with Gasteiger partial charge in [0.1, 0.15) is 5.76 Å². The van der Waals surface area contributed by atoms with Crippen LogP contribution in [0.3, 0.4) is 0 Å². The van der Waals surface area contributed by atoms with E-state index in [0.29, 0.717) is 28.1 Å². The topological polar surface area (TPSA) is 42.4 Å². The Morgan fingerprint density at radius 2 is 2.27 bits per heavy atom. The summed E-state index contributed by atoms with van der Waals surface area (Å²) in [7, 11) is 0. The van der Waals surface area contributed by atoms with Gasteiger partial charge in [0.25, 0.3) is 0 Å². The minimum absolute atomic E-state index is 0.339. The molecule has 1 N–H and O–H groups in total. The van der Waals surface area contributed by atoms with Gasteiger partial charge in [0.15, 0.2) is 6.10 Å². The lowest BCUT2D eigenvalue weighted by Crippen LogP contribution is -2.05. The van der Waals surface area contributed by atoms with Gasteiger partial charge in [-0.05, 0) is 12.1 Å². The number of aromatic nitrogens is 1. The molecule has 1 aromatic heterocycles. The maximum Gasteiger partial charge on any atom is 0.154 e. The van der Waals surface area contributed by atoms with Crippen LogP contribution < -0.4 is 0 Å². The molecule has 2 heterocycles. The number of hydrogen-bond donors (Lipinski definition) is 1. The number of pyridine rings is 1. The lowest BCUT2D eigenvalue weighted by atomic mass is 10.2. The van der Waals surface area contributed by atoms with Crippen molar-refractivity contribution >= 4 is 23.2 Å². The summed E-state index contributed by atoms with van der Waals surface area (Å²) in [5.74, 6) is 0.506. The summed E-state index contributed by atoms with van der Waals surface area (Å²) in [6, 6.07) is 1.55. The molecule has 0 spiro atoms. The Bertz CT molecular complexity index is 406. The van der Waals surface area contributed by atoms with Crippen molar-refractivity contribution in [2.24, 2.45) is 0 Å². The SMILES string of the molecule is OC(C1=CCCO1)c1ncc(Cl)cc1Cl. The summed E-state index contributed by atoms with van der Waals surface area (Å²) >= 11 is 11.6. The maximum absolute atomic E-state index is 9.91. The summed E-state index contributed by atoms with van der Waals surface area (Å²) in [5, 5.41) is 10.7. The van der Waals surface area contributed by atoms with Crippen molar-refractivity contribution in [2.45, 2.75) is 12.5 Å². The zero-order chi connectivity index (χ0) is 10.8. The number of aliphatic hydroxyl groups is 1. The van der Waals surface area contributed by atoms with E-state index in [9.17, 15) is 5.11 Å². The lowest BCUT2D eigenvalue weighted by Gasteiger charge is -2.12. The van der Waals surface area contributed by atoms with Crippen LogP contribution in [0.4, 0.5) is 0 Å². The lowest BCUT2D eigenvalue weighted by molar-refractivity contribution is 0.116. The van der Waals surface area contributed by atoms with Gasteiger partial charge in [-0.2, -0.15) is 0 Å². The molecular weight excluding hydrogens is 237 g/mol. The quantitative estimate of drug-likeness (QED) is 0.872. The Labute approximate surface area is 97.3 Å². The van der Waals surface area contributed by atoms with Crippen LogP contribution in [0.1, 0.15) is 18.2 Å². The van der Waals surface area contributed by atoms with E-state index in [0.717, 1.165) is 6.42 Å². The molecule has 1 atom stereocenters. The highest BCUT2D eigenvalue weighted by atomic mass is 35.5. The van der Waals surface area contributed by atoms with Crippen LogP contribution in [-0.4, -0.2) is 16.7 Å². The van der Waals surface area contributed by atoms with Gasteiger partial charge in [-0.25, -0.2) is 0 Å². The number of nitrogens with zero attached hydrogens (tertiary/aromatic N) is 1. The smallest absolute Gasteiger partial charge is 0.154 e. The molecule has 0 saturated heterocycles. The highest BCUT2D eigenvalue weighted by molar-refractivity contribution is 6.34. The van der Waals surface area contributed by atoms with E-state index in [2.05, 4.69) is 4.98 Å². The zero-order valence-corrected chi connectivity index (χ0v) is 9.29. The maximum atomic E-state index is 9.91. The number of ether oxygens (including phenoxy) is 1. The van der Waals surface area contributed by atoms with Gasteiger partial charge in [0.2, 0.25) is 0 Å². The van der Waals surface area contributed by atoms with E-state index in [1.807, 2.05) is 6.08 Å². The summed E-state index contributed by atoms with van der Waals surface area (Å²) in [6.45, 7) is 0.595. The molecule has 0 radical (unpaired) electrons. The van der Waals surface area contributed by atoms with E-state index in [1.54, 1.807) is 6.07 Å². The molecule has 0 amide bonds. The Kier molecular flexibility index (Phi) is 3.14. The number of hydrogen-bond acceptors (Lipinski definition) is 3. The molecule has 5 heteroatoms. The molecular formula is C10H9Cl2NO2. The van der Waals surface area contributed by atoms with Crippen LogP contribution >= 0.6 is 23.2 Å². The zero-order valence-electron chi connectivity index (χ0n) is 7.78. The van der Waals surface area contributed by atoms with Gasteiger partial charge in [0, 0.05) is 12.6 Å². The Morgan fingerprint density at radius 3 is 2.87 bits per heavy atom. The molecule has 0 saturated carbocycles. The number of rotatable bonds is 2. The van der Waals surface area contributed by atoms with Gasteiger partial charge in [-0.15, -0.1) is 0 Å². The van der Waals surface area contributed by atoms with Gasteiger partial charge in [-0.1, -0.05) is 23.2 Å². The molecule has 0 bridgehead atoms. The monoisotopic (exact) mass is 245 g/mol. The number of aliphatic hydroxyl groups excluding tert-OH is 1. The van der Waals surface area contributed by atoms with E-state index < -0.39 is 6.10 Å².